The van der Waals surface area contributed by atoms with Crippen LogP contribution in [0.15, 0.2) is 18.2 Å². The minimum Gasteiger partial charge on any atom is -0.616 e. The van der Waals surface area contributed by atoms with E-state index in [-0.39, 0.29) is 35.6 Å². The summed E-state index contributed by atoms with van der Waals surface area (Å²) in [6, 6.07) is 6.30. The van der Waals surface area contributed by atoms with E-state index in [1.54, 1.807) is 0 Å². The van der Waals surface area contributed by atoms with E-state index < -0.39 is 36.1 Å². The summed E-state index contributed by atoms with van der Waals surface area (Å²) in [5, 5.41) is 11.0. The second kappa shape index (κ2) is 19.1. The molecule has 298 valence electrons. The fraction of sp³-hybridized carbons (Fsp3) is 0.821. The normalized spacial score (nSPS) is 28.8. The zero-order valence-corrected chi connectivity index (χ0v) is 32.6. The van der Waals surface area contributed by atoms with Crippen molar-refractivity contribution in [1.82, 2.24) is 9.80 Å². The highest BCUT2D eigenvalue weighted by Gasteiger charge is 2.57. The van der Waals surface area contributed by atoms with Crippen LogP contribution in [0.4, 0.5) is 22.0 Å². The number of rotatable bonds is 17. The van der Waals surface area contributed by atoms with Crippen molar-refractivity contribution in [3.63, 3.8) is 0 Å². The van der Waals surface area contributed by atoms with Crippen LogP contribution in [-0.4, -0.2) is 94.9 Å². The molecule has 6 nitrogen and oxygen atoms in total. The molecule has 0 aromatic heterocycles. The van der Waals surface area contributed by atoms with Gasteiger partial charge in [0.2, 0.25) is 0 Å². The van der Waals surface area contributed by atoms with Gasteiger partial charge < -0.3 is 19.3 Å². The number of hydrogen-bond acceptors (Lipinski definition) is 6. The number of aliphatic hydroxyl groups is 1. The first-order chi connectivity index (χ1) is 24.2. The van der Waals surface area contributed by atoms with Crippen LogP contribution in [0.2, 0.25) is 0 Å². The second-order valence-corrected chi connectivity index (χ2v) is 17.9. The van der Waals surface area contributed by atoms with E-state index in [2.05, 4.69) is 35.9 Å². The number of likely N-dealkylation sites (N-methyl/N-ethyl adjacent to an activating group) is 1. The predicted molar refractivity (Wildman–Crippen MR) is 198 cm³/mol. The van der Waals surface area contributed by atoms with E-state index in [1.165, 1.54) is 11.1 Å². The fourth-order valence-electron chi connectivity index (χ4n) is 9.69. The molecule has 7 atom stereocenters. The molecule has 1 aromatic carbocycles. The highest BCUT2D eigenvalue weighted by molar-refractivity contribution is 7.91. The van der Waals surface area contributed by atoms with E-state index in [0.717, 1.165) is 103 Å². The van der Waals surface area contributed by atoms with Gasteiger partial charge >= 0.3 is 18.1 Å². The Bertz CT molecular complexity index is 1290. The van der Waals surface area contributed by atoms with Crippen molar-refractivity contribution < 1.29 is 41.1 Å². The predicted octanol–water partition coefficient (Wildman–Crippen LogP) is 8.55. The second-order valence-electron chi connectivity index (χ2n) is 16.2. The van der Waals surface area contributed by atoms with Crippen LogP contribution in [0.1, 0.15) is 114 Å². The van der Waals surface area contributed by atoms with Crippen LogP contribution in [0.5, 0.6) is 5.75 Å². The molecule has 3 fully saturated rings. The van der Waals surface area contributed by atoms with Crippen LogP contribution >= 0.6 is 12.4 Å². The van der Waals surface area contributed by atoms with Gasteiger partial charge in [-0.3, -0.25) is 9.69 Å². The molecule has 1 N–H and O–H groups in total. The Labute approximate surface area is 316 Å². The van der Waals surface area contributed by atoms with Gasteiger partial charge in [-0.05, 0) is 117 Å². The van der Waals surface area contributed by atoms with Crippen molar-refractivity contribution in [3.05, 3.63) is 29.3 Å². The Balaban J connectivity index is 0.00000605. The molecule has 52 heavy (non-hydrogen) atoms. The number of nitrogens with zero attached hydrogens (tertiary/aromatic N) is 2. The molecular weight excluding hydrogens is 723 g/mol. The smallest absolute Gasteiger partial charge is 0.453 e. The highest BCUT2D eigenvalue weighted by atomic mass is 35.5. The number of unbranched alkanes of at least 4 members (excludes halogenated alkanes) is 6. The third-order valence-corrected chi connectivity index (χ3v) is 14.2. The van der Waals surface area contributed by atoms with Crippen molar-refractivity contribution in [2.24, 2.45) is 23.2 Å². The number of carbonyl (C=O) groups excluding carboxylic acids is 1. The van der Waals surface area contributed by atoms with E-state index in [1.807, 2.05) is 6.07 Å². The Morgan fingerprint density at radius 3 is 2.31 bits per heavy atom. The van der Waals surface area contributed by atoms with Gasteiger partial charge in [0, 0.05) is 32.6 Å². The SMILES string of the molecule is CN1CCN(CC(=O)Oc2ccc3c(c2)CC(CCCCCCCCC[S+]([O-])CCCC(F)(F)C(F)(F)F)C2C3CCC3(C)C(O)CCC23)CC1.Cl. The molecule has 0 radical (unpaired) electrons. The third kappa shape index (κ3) is 11.0. The van der Waals surface area contributed by atoms with E-state index >= 15 is 0 Å². The molecule has 2 saturated carbocycles. The van der Waals surface area contributed by atoms with Gasteiger partial charge in [-0.25, -0.2) is 0 Å². The minimum absolute atomic E-state index is 0. The first-order valence-electron chi connectivity index (χ1n) is 19.4. The Morgan fingerprint density at radius 2 is 1.62 bits per heavy atom. The lowest BCUT2D eigenvalue weighted by Crippen LogP contribution is -2.47. The molecule has 5 rings (SSSR count). The molecular formula is C39H60ClF5N2O4S. The van der Waals surface area contributed by atoms with Gasteiger partial charge in [-0.2, -0.15) is 22.0 Å². The lowest BCUT2D eigenvalue weighted by molar-refractivity contribution is -0.284. The van der Waals surface area contributed by atoms with Gasteiger partial charge in [0.25, 0.3) is 0 Å². The van der Waals surface area contributed by atoms with Crippen LogP contribution in [-0.2, 0) is 22.4 Å². The van der Waals surface area contributed by atoms with Gasteiger partial charge in [0.05, 0.1) is 12.6 Å². The molecule has 0 amide bonds. The summed E-state index contributed by atoms with van der Waals surface area (Å²) in [7, 11) is 2.10. The quantitative estimate of drug-likeness (QED) is 0.0562. The number of aliphatic hydroxyl groups excluding tert-OH is 1. The molecule has 3 aliphatic carbocycles. The number of esters is 1. The van der Waals surface area contributed by atoms with Crippen molar-refractivity contribution in [2.75, 3.05) is 51.3 Å². The number of fused-ring (bicyclic) bond motifs is 5. The largest absolute Gasteiger partial charge is 0.616 e. The van der Waals surface area contributed by atoms with Gasteiger partial charge in [-0.15, -0.1) is 12.4 Å². The highest BCUT2D eigenvalue weighted by Crippen LogP contribution is 2.62. The topological polar surface area (TPSA) is 76.1 Å². The minimum atomic E-state index is -5.55. The molecule has 1 aromatic rings. The summed E-state index contributed by atoms with van der Waals surface area (Å²) in [5.74, 6) is -2.05. The maximum atomic E-state index is 13.1. The number of hydrogen-bond donors (Lipinski definition) is 1. The third-order valence-electron chi connectivity index (χ3n) is 12.7. The van der Waals surface area contributed by atoms with E-state index in [4.69, 9.17) is 4.74 Å². The van der Waals surface area contributed by atoms with Gasteiger partial charge in [0.15, 0.2) is 0 Å². The van der Waals surface area contributed by atoms with Crippen LogP contribution in [0.3, 0.4) is 0 Å². The zero-order chi connectivity index (χ0) is 36.8. The summed E-state index contributed by atoms with van der Waals surface area (Å²) in [6.07, 6.45) is 5.61. The van der Waals surface area contributed by atoms with Crippen LogP contribution in [0, 0.1) is 23.2 Å². The lowest BCUT2D eigenvalue weighted by atomic mass is 9.52. The van der Waals surface area contributed by atoms with Crippen molar-refractivity contribution in [1.29, 1.82) is 0 Å². The molecule has 7 unspecified atom stereocenters. The Hall–Kier alpha value is -1.18. The Morgan fingerprint density at radius 1 is 0.962 bits per heavy atom. The number of carbonyl (C=O) groups is 1. The maximum absolute atomic E-state index is 13.1. The monoisotopic (exact) mass is 782 g/mol. The molecule has 13 heteroatoms. The number of alkyl halides is 5. The van der Waals surface area contributed by atoms with E-state index in [9.17, 15) is 36.4 Å². The average molecular weight is 783 g/mol. The standard InChI is InChI=1S/C39H59F5N2O4S.ClH/c1-37-18-16-32-31-13-12-30(50-35(48)27-46-21-19-45(2)20-22-46)26-29(31)25-28(36(32)33(37)14-15-34(37)47)11-8-6-4-3-5-7-9-23-51(49)24-10-17-38(40,41)39(42,43)44;/h12-13,26,28,32-34,36,47H,3-11,14-25,27H2,1-2H3;1H. The molecule has 0 bridgehead atoms. The first kappa shape index (κ1) is 43.5. The first-order valence-corrected chi connectivity index (χ1v) is 20.9. The molecule has 1 aliphatic heterocycles. The summed E-state index contributed by atoms with van der Waals surface area (Å²) < 4.78 is 81.0. The van der Waals surface area contributed by atoms with Crippen molar-refractivity contribution >= 4 is 29.6 Å². The molecule has 1 saturated heterocycles. The van der Waals surface area contributed by atoms with Gasteiger partial charge in [-0.1, -0.05) is 56.3 Å². The Kier molecular flexibility index (Phi) is 16.0. The summed E-state index contributed by atoms with van der Waals surface area (Å²) in [6.45, 7) is 6.25. The van der Waals surface area contributed by atoms with Crippen LogP contribution in [0.25, 0.3) is 0 Å². The number of benzene rings is 1. The molecule has 0 spiro atoms. The van der Waals surface area contributed by atoms with Gasteiger partial charge in [0.1, 0.15) is 17.3 Å². The maximum Gasteiger partial charge on any atom is 0.453 e. The molecule has 4 aliphatic rings. The van der Waals surface area contributed by atoms with Crippen molar-refractivity contribution in [3.8, 4) is 5.75 Å². The fourth-order valence-corrected chi connectivity index (χ4v) is 10.9. The summed E-state index contributed by atoms with van der Waals surface area (Å²) >= 11 is -1.37. The average Bonchev–Trinajstić information content (AvgIpc) is 3.37. The lowest BCUT2D eigenvalue weighted by Gasteiger charge is -2.53. The van der Waals surface area contributed by atoms with Crippen molar-refractivity contribution in [2.45, 2.75) is 127 Å². The summed E-state index contributed by atoms with van der Waals surface area (Å²) in [4.78, 5) is 17.3. The summed E-state index contributed by atoms with van der Waals surface area (Å²) in [5.41, 5.74) is 2.69. The number of halogens is 6. The van der Waals surface area contributed by atoms with E-state index in [0.29, 0.717) is 48.1 Å². The number of ether oxygens (including phenoxy) is 1. The number of piperazine rings is 1. The zero-order valence-electron chi connectivity index (χ0n) is 30.9. The van der Waals surface area contributed by atoms with Crippen LogP contribution < -0.4 is 4.74 Å². The molecule has 1 heterocycles.